The second-order valence-corrected chi connectivity index (χ2v) is 8.20. The van der Waals surface area contributed by atoms with Crippen LogP contribution in [0.1, 0.15) is 23.1 Å². The van der Waals surface area contributed by atoms with Gasteiger partial charge in [0.25, 0.3) is 5.91 Å². The molecule has 0 aliphatic carbocycles. The zero-order valence-electron chi connectivity index (χ0n) is 17.6. The molecule has 2 aliphatic heterocycles. The number of hydrogen-bond donors (Lipinski definition) is 2. The van der Waals surface area contributed by atoms with E-state index in [-0.39, 0.29) is 18.2 Å². The van der Waals surface area contributed by atoms with Crippen LogP contribution in [0.25, 0.3) is 0 Å². The molecule has 0 bridgehead atoms. The van der Waals surface area contributed by atoms with E-state index in [1.54, 1.807) is 6.08 Å². The van der Waals surface area contributed by atoms with Gasteiger partial charge in [0.2, 0.25) is 5.91 Å². The summed E-state index contributed by atoms with van der Waals surface area (Å²) in [6.45, 7) is 8.38. The Morgan fingerprint density at radius 3 is 2.20 bits per heavy atom. The molecular formula is C24H29N4O2+. The van der Waals surface area contributed by atoms with Gasteiger partial charge in [-0.3, -0.25) is 15.0 Å². The van der Waals surface area contributed by atoms with Crippen LogP contribution in [0, 0.1) is 13.8 Å². The lowest BCUT2D eigenvalue weighted by molar-refractivity contribution is -0.917. The average molecular weight is 406 g/mol. The van der Waals surface area contributed by atoms with Gasteiger partial charge >= 0.3 is 0 Å². The van der Waals surface area contributed by atoms with Gasteiger partial charge in [0.1, 0.15) is 12.2 Å². The molecule has 0 aromatic heterocycles. The number of nitrogens with one attached hydrogen (secondary N) is 2. The van der Waals surface area contributed by atoms with Gasteiger partial charge in [-0.25, -0.2) is 5.01 Å². The van der Waals surface area contributed by atoms with Crippen molar-refractivity contribution in [3.63, 3.8) is 0 Å². The van der Waals surface area contributed by atoms with Crippen molar-refractivity contribution in [2.75, 3.05) is 31.2 Å². The molecule has 1 saturated heterocycles. The number of carbonyl (C=O) groups excluding carboxylic acids is 2. The maximum atomic E-state index is 13.0. The first-order chi connectivity index (χ1) is 14.5. The highest BCUT2D eigenvalue weighted by Crippen LogP contribution is 2.19. The summed E-state index contributed by atoms with van der Waals surface area (Å²) in [5, 5.41) is 1.48. The molecule has 2 aliphatic rings. The number of carbonyl (C=O) groups is 2. The van der Waals surface area contributed by atoms with E-state index in [1.807, 2.05) is 36.1 Å². The maximum absolute atomic E-state index is 13.0. The number of nitrogens with zero attached hydrogens (tertiary/aromatic N) is 2. The predicted octanol–water partition coefficient (Wildman–Crippen LogP) is 1.36. The summed E-state index contributed by atoms with van der Waals surface area (Å²) in [4.78, 5) is 28.8. The molecule has 0 saturated carbocycles. The van der Waals surface area contributed by atoms with Crippen molar-refractivity contribution in [3.8, 4) is 0 Å². The van der Waals surface area contributed by atoms with Gasteiger partial charge < -0.3 is 9.80 Å². The molecule has 0 unspecified atom stereocenters. The van der Waals surface area contributed by atoms with Crippen LogP contribution in [0.15, 0.2) is 60.3 Å². The molecule has 4 rings (SSSR count). The topological polar surface area (TPSA) is 57.1 Å². The van der Waals surface area contributed by atoms with E-state index in [0.29, 0.717) is 5.70 Å². The molecular weight excluding hydrogens is 376 g/mol. The van der Waals surface area contributed by atoms with Crippen molar-refractivity contribution in [1.82, 2.24) is 10.3 Å². The highest BCUT2D eigenvalue weighted by atomic mass is 16.2. The van der Waals surface area contributed by atoms with Crippen molar-refractivity contribution in [3.05, 3.63) is 77.0 Å². The number of amides is 2. The molecule has 156 valence electrons. The summed E-state index contributed by atoms with van der Waals surface area (Å²) in [6, 6.07) is 16.4. The van der Waals surface area contributed by atoms with E-state index in [2.05, 4.69) is 36.6 Å². The zero-order valence-corrected chi connectivity index (χ0v) is 17.6. The van der Waals surface area contributed by atoms with Crippen LogP contribution in [-0.4, -0.2) is 42.9 Å². The van der Waals surface area contributed by atoms with Gasteiger partial charge in [0.15, 0.2) is 0 Å². The number of piperazine rings is 1. The molecule has 6 heteroatoms. The van der Waals surface area contributed by atoms with E-state index in [9.17, 15) is 9.59 Å². The lowest BCUT2D eigenvalue weighted by atomic mass is 10.1. The number of aryl methyl sites for hydroxylation is 2. The van der Waals surface area contributed by atoms with Gasteiger partial charge in [0.05, 0.1) is 31.9 Å². The minimum Gasteiger partial charge on any atom is -0.328 e. The minimum atomic E-state index is -0.0669. The number of hydrogen-bond acceptors (Lipinski definition) is 3. The SMILES string of the molecule is Cc1ccc(C[NH+]2CCN(C(=O)C3=CCC(=O)N(c4ccc(C)cc4)N3)CC2)cc1. The number of benzene rings is 2. The van der Waals surface area contributed by atoms with Gasteiger partial charge in [-0.1, -0.05) is 47.5 Å². The molecule has 6 nitrogen and oxygen atoms in total. The quantitative estimate of drug-likeness (QED) is 0.808. The number of quaternary nitrogens is 1. The number of rotatable bonds is 4. The Bertz CT molecular complexity index is 942. The van der Waals surface area contributed by atoms with Crippen molar-refractivity contribution in [1.29, 1.82) is 0 Å². The molecule has 1 fully saturated rings. The Morgan fingerprint density at radius 2 is 1.57 bits per heavy atom. The largest absolute Gasteiger partial charge is 0.328 e. The highest BCUT2D eigenvalue weighted by Gasteiger charge is 2.30. The van der Waals surface area contributed by atoms with Gasteiger partial charge in [0, 0.05) is 12.0 Å². The van der Waals surface area contributed by atoms with E-state index in [1.165, 1.54) is 21.0 Å². The van der Waals surface area contributed by atoms with E-state index < -0.39 is 0 Å². The maximum Gasteiger partial charge on any atom is 0.271 e. The summed E-state index contributed by atoms with van der Waals surface area (Å²) >= 11 is 0. The first-order valence-electron chi connectivity index (χ1n) is 10.5. The van der Waals surface area contributed by atoms with Crippen LogP contribution in [0.4, 0.5) is 5.69 Å². The Balaban J connectivity index is 1.35. The molecule has 2 aromatic carbocycles. The van der Waals surface area contributed by atoms with Gasteiger partial charge in [-0.2, -0.15) is 0 Å². The van der Waals surface area contributed by atoms with Crippen LogP contribution in [0.3, 0.4) is 0 Å². The predicted molar refractivity (Wildman–Crippen MR) is 117 cm³/mol. The second-order valence-electron chi connectivity index (χ2n) is 8.20. The Morgan fingerprint density at radius 1 is 0.967 bits per heavy atom. The lowest BCUT2D eigenvalue weighted by Crippen LogP contribution is -3.13. The van der Waals surface area contributed by atoms with Crippen molar-refractivity contribution in [2.45, 2.75) is 26.8 Å². The number of hydrazine groups is 1. The van der Waals surface area contributed by atoms with Crippen LogP contribution >= 0.6 is 0 Å². The van der Waals surface area contributed by atoms with Gasteiger partial charge in [-0.05, 0) is 32.1 Å². The van der Waals surface area contributed by atoms with E-state index in [4.69, 9.17) is 0 Å². The third-order valence-corrected chi connectivity index (χ3v) is 5.82. The third kappa shape index (κ3) is 4.54. The summed E-state index contributed by atoms with van der Waals surface area (Å²) in [6.07, 6.45) is 1.93. The Hall–Kier alpha value is -3.12. The summed E-state index contributed by atoms with van der Waals surface area (Å²) in [7, 11) is 0. The molecule has 0 radical (unpaired) electrons. The van der Waals surface area contributed by atoms with E-state index in [0.717, 1.165) is 44.0 Å². The van der Waals surface area contributed by atoms with Crippen molar-refractivity contribution < 1.29 is 14.5 Å². The van der Waals surface area contributed by atoms with Crippen LogP contribution < -0.4 is 15.3 Å². The first kappa shape index (κ1) is 20.2. The molecule has 2 aromatic rings. The molecule has 30 heavy (non-hydrogen) atoms. The average Bonchev–Trinajstić information content (AvgIpc) is 2.76. The smallest absolute Gasteiger partial charge is 0.271 e. The fourth-order valence-electron chi connectivity index (χ4n) is 3.91. The lowest BCUT2D eigenvalue weighted by Gasteiger charge is -2.35. The van der Waals surface area contributed by atoms with Crippen LogP contribution in [0.5, 0.6) is 0 Å². The van der Waals surface area contributed by atoms with Crippen LogP contribution in [0.2, 0.25) is 0 Å². The van der Waals surface area contributed by atoms with E-state index >= 15 is 0 Å². The Labute approximate surface area is 177 Å². The summed E-state index contributed by atoms with van der Waals surface area (Å²) in [5.41, 5.74) is 8.00. The summed E-state index contributed by atoms with van der Waals surface area (Å²) in [5.74, 6) is -0.100. The zero-order chi connectivity index (χ0) is 21.1. The minimum absolute atomic E-state index is 0.0333. The van der Waals surface area contributed by atoms with Crippen molar-refractivity contribution >= 4 is 17.5 Å². The normalized spacial score (nSPS) is 17.5. The van der Waals surface area contributed by atoms with Gasteiger partial charge in [-0.15, -0.1) is 0 Å². The fourth-order valence-corrected chi connectivity index (χ4v) is 3.91. The fraction of sp³-hybridized carbons (Fsp3) is 0.333. The molecule has 2 heterocycles. The monoisotopic (exact) mass is 405 g/mol. The standard InChI is InChI=1S/C24H28N4O2/c1-18-3-7-20(8-4-18)17-26-13-15-27(16-14-26)24(30)22-11-12-23(29)28(25-22)21-9-5-19(2)6-10-21/h3-11,25H,12-17H2,1-2H3/p+1. The highest BCUT2D eigenvalue weighted by molar-refractivity contribution is 6.01. The molecule has 0 spiro atoms. The first-order valence-corrected chi connectivity index (χ1v) is 10.5. The Kier molecular flexibility index (Phi) is 5.86. The second kappa shape index (κ2) is 8.71. The molecule has 0 atom stereocenters. The van der Waals surface area contributed by atoms with Crippen LogP contribution in [-0.2, 0) is 16.1 Å². The third-order valence-electron chi connectivity index (χ3n) is 5.82. The molecule has 2 N–H and O–H groups in total. The summed E-state index contributed by atoms with van der Waals surface area (Å²) < 4.78 is 0. The molecule has 2 amide bonds. The van der Waals surface area contributed by atoms with Crippen molar-refractivity contribution in [2.24, 2.45) is 0 Å². The number of anilines is 1.